The van der Waals surface area contributed by atoms with Crippen molar-refractivity contribution in [2.45, 2.75) is 6.92 Å². The standard InChI is InChI=1S/C21H16N2O/c1-15-6-5-9-20-22-21(19(14-24)23(15)20)18-12-10-17(11-13-18)16-7-3-2-4-8-16/h2-14H,1H3. The van der Waals surface area contributed by atoms with E-state index in [4.69, 9.17) is 0 Å². The molecule has 2 aromatic heterocycles. The number of carbonyl (C=O) groups is 1. The van der Waals surface area contributed by atoms with Gasteiger partial charge in [0.15, 0.2) is 6.29 Å². The lowest BCUT2D eigenvalue weighted by atomic mass is 10.0. The highest BCUT2D eigenvalue weighted by molar-refractivity contribution is 5.86. The van der Waals surface area contributed by atoms with E-state index in [1.165, 1.54) is 5.56 Å². The number of carbonyl (C=O) groups excluding carboxylic acids is 1. The van der Waals surface area contributed by atoms with E-state index in [1.807, 2.05) is 59.9 Å². The van der Waals surface area contributed by atoms with E-state index in [2.05, 4.69) is 29.2 Å². The molecule has 4 aromatic rings. The van der Waals surface area contributed by atoms with Crippen LogP contribution in [0.3, 0.4) is 0 Å². The molecule has 0 atom stereocenters. The number of hydrogen-bond donors (Lipinski definition) is 0. The highest BCUT2D eigenvalue weighted by atomic mass is 16.1. The lowest BCUT2D eigenvalue weighted by molar-refractivity contribution is 0.111. The van der Waals surface area contributed by atoms with Crippen molar-refractivity contribution in [2.75, 3.05) is 0 Å². The Morgan fingerprint density at radius 3 is 2.17 bits per heavy atom. The van der Waals surface area contributed by atoms with Crippen molar-refractivity contribution in [3.63, 3.8) is 0 Å². The SMILES string of the molecule is Cc1cccc2nc(-c3ccc(-c4ccccc4)cc3)c(C=O)n12. The van der Waals surface area contributed by atoms with Gasteiger partial charge in [0.25, 0.3) is 0 Å². The highest BCUT2D eigenvalue weighted by Gasteiger charge is 2.14. The molecule has 3 heteroatoms. The van der Waals surface area contributed by atoms with Crippen molar-refractivity contribution < 1.29 is 4.79 Å². The summed E-state index contributed by atoms with van der Waals surface area (Å²) in [4.78, 5) is 16.3. The summed E-state index contributed by atoms with van der Waals surface area (Å²) in [7, 11) is 0. The van der Waals surface area contributed by atoms with E-state index in [9.17, 15) is 4.79 Å². The summed E-state index contributed by atoms with van der Waals surface area (Å²) in [6.07, 6.45) is 0.882. The van der Waals surface area contributed by atoms with Gasteiger partial charge in [-0.3, -0.25) is 9.20 Å². The van der Waals surface area contributed by atoms with Gasteiger partial charge in [-0.2, -0.15) is 0 Å². The molecule has 0 unspecified atom stereocenters. The van der Waals surface area contributed by atoms with Crippen LogP contribution in [0, 0.1) is 6.92 Å². The normalized spacial score (nSPS) is 10.9. The first-order chi connectivity index (χ1) is 11.8. The minimum atomic E-state index is 0.593. The van der Waals surface area contributed by atoms with Crippen molar-refractivity contribution in [3.8, 4) is 22.4 Å². The maximum absolute atomic E-state index is 11.7. The van der Waals surface area contributed by atoms with Crippen LogP contribution in [0.5, 0.6) is 0 Å². The van der Waals surface area contributed by atoms with E-state index in [0.29, 0.717) is 5.69 Å². The Hall–Kier alpha value is -3.20. The molecule has 0 amide bonds. The first-order valence-electron chi connectivity index (χ1n) is 7.87. The molecule has 24 heavy (non-hydrogen) atoms. The van der Waals surface area contributed by atoms with Crippen LogP contribution >= 0.6 is 0 Å². The Labute approximate surface area is 140 Å². The number of aryl methyl sites for hydroxylation is 1. The summed E-state index contributed by atoms with van der Waals surface area (Å²) in [6, 6.07) is 24.2. The smallest absolute Gasteiger partial charge is 0.169 e. The number of nitrogens with zero attached hydrogens (tertiary/aromatic N) is 2. The van der Waals surface area contributed by atoms with Crippen molar-refractivity contribution >= 4 is 11.9 Å². The summed E-state index contributed by atoms with van der Waals surface area (Å²) >= 11 is 0. The predicted molar refractivity (Wildman–Crippen MR) is 96.2 cm³/mol. The lowest BCUT2D eigenvalue weighted by Crippen LogP contribution is -1.96. The number of fused-ring (bicyclic) bond motifs is 1. The summed E-state index contributed by atoms with van der Waals surface area (Å²) < 4.78 is 1.90. The monoisotopic (exact) mass is 312 g/mol. The van der Waals surface area contributed by atoms with Crippen LogP contribution in [0.15, 0.2) is 72.8 Å². The third-order valence-corrected chi connectivity index (χ3v) is 4.25. The van der Waals surface area contributed by atoms with E-state index in [-0.39, 0.29) is 0 Å². The summed E-state index contributed by atoms with van der Waals surface area (Å²) in [5.74, 6) is 0. The number of imidazole rings is 1. The zero-order chi connectivity index (χ0) is 16.5. The fourth-order valence-electron chi connectivity index (χ4n) is 3.05. The average Bonchev–Trinajstić information content (AvgIpc) is 3.02. The molecule has 0 radical (unpaired) electrons. The zero-order valence-corrected chi connectivity index (χ0v) is 13.3. The summed E-state index contributed by atoms with van der Waals surface area (Å²) in [5.41, 5.74) is 6.36. The molecule has 0 bridgehead atoms. The number of rotatable bonds is 3. The number of aldehydes is 1. The van der Waals surface area contributed by atoms with Crippen molar-refractivity contribution in [1.29, 1.82) is 0 Å². The second kappa shape index (κ2) is 5.78. The molecule has 3 nitrogen and oxygen atoms in total. The van der Waals surface area contributed by atoms with E-state index in [1.54, 1.807) is 0 Å². The van der Waals surface area contributed by atoms with Crippen molar-refractivity contribution in [1.82, 2.24) is 9.38 Å². The van der Waals surface area contributed by atoms with E-state index >= 15 is 0 Å². The van der Waals surface area contributed by atoms with E-state index in [0.717, 1.165) is 34.4 Å². The molecular weight excluding hydrogens is 296 g/mol. The molecule has 0 fully saturated rings. The molecule has 0 N–H and O–H groups in total. The second-order valence-electron chi connectivity index (χ2n) is 5.77. The van der Waals surface area contributed by atoms with Gasteiger partial charge in [-0.15, -0.1) is 0 Å². The van der Waals surface area contributed by atoms with Crippen molar-refractivity contribution in [2.24, 2.45) is 0 Å². The van der Waals surface area contributed by atoms with Gasteiger partial charge in [0, 0.05) is 11.3 Å². The highest BCUT2D eigenvalue weighted by Crippen LogP contribution is 2.27. The first-order valence-corrected chi connectivity index (χ1v) is 7.87. The van der Waals surface area contributed by atoms with Crippen LogP contribution in [-0.2, 0) is 0 Å². The zero-order valence-electron chi connectivity index (χ0n) is 13.3. The summed E-state index contributed by atoms with van der Waals surface area (Å²) in [6.45, 7) is 1.98. The minimum absolute atomic E-state index is 0.593. The lowest BCUT2D eigenvalue weighted by Gasteiger charge is -2.04. The number of benzene rings is 2. The Morgan fingerprint density at radius 2 is 1.46 bits per heavy atom. The maximum Gasteiger partial charge on any atom is 0.169 e. The third kappa shape index (κ3) is 2.31. The molecule has 116 valence electrons. The van der Waals surface area contributed by atoms with Gasteiger partial charge in [-0.1, -0.05) is 60.7 Å². The van der Waals surface area contributed by atoms with Crippen LogP contribution in [-0.4, -0.2) is 15.7 Å². The Bertz CT molecular complexity index is 1020. The first kappa shape index (κ1) is 14.4. The van der Waals surface area contributed by atoms with Crippen molar-refractivity contribution in [3.05, 3.63) is 84.2 Å². The molecule has 0 aliphatic rings. The molecular formula is C21H16N2O. The molecule has 2 aromatic carbocycles. The topological polar surface area (TPSA) is 34.4 Å². The van der Waals surface area contributed by atoms with Crippen LogP contribution in [0.2, 0.25) is 0 Å². The van der Waals surface area contributed by atoms with Gasteiger partial charge in [0.2, 0.25) is 0 Å². The fraction of sp³-hybridized carbons (Fsp3) is 0.0476. The average molecular weight is 312 g/mol. The van der Waals surface area contributed by atoms with Crippen LogP contribution in [0.25, 0.3) is 28.0 Å². The van der Waals surface area contributed by atoms with Crippen LogP contribution < -0.4 is 0 Å². The minimum Gasteiger partial charge on any atom is -0.296 e. The Kier molecular flexibility index (Phi) is 3.47. The molecule has 0 spiro atoms. The Balaban J connectivity index is 1.83. The van der Waals surface area contributed by atoms with Gasteiger partial charge in [0.1, 0.15) is 17.0 Å². The maximum atomic E-state index is 11.7. The van der Waals surface area contributed by atoms with Crippen LogP contribution in [0.1, 0.15) is 16.2 Å². The molecule has 0 saturated heterocycles. The molecule has 2 heterocycles. The van der Waals surface area contributed by atoms with Gasteiger partial charge < -0.3 is 0 Å². The van der Waals surface area contributed by atoms with Gasteiger partial charge in [-0.25, -0.2) is 4.98 Å². The molecule has 4 rings (SSSR count). The third-order valence-electron chi connectivity index (χ3n) is 4.25. The second-order valence-corrected chi connectivity index (χ2v) is 5.77. The quantitative estimate of drug-likeness (QED) is 0.510. The van der Waals surface area contributed by atoms with Gasteiger partial charge in [0.05, 0.1) is 0 Å². The fourth-order valence-corrected chi connectivity index (χ4v) is 3.05. The Morgan fingerprint density at radius 1 is 0.792 bits per heavy atom. The number of pyridine rings is 1. The van der Waals surface area contributed by atoms with Gasteiger partial charge >= 0.3 is 0 Å². The van der Waals surface area contributed by atoms with Gasteiger partial charge in [-0.05, 0) is 30.2 Å². The molecule has 0 aliphatic carbocycles. The number of aromatic nitrogens is 2. The molecule has 0 saturated carbocycles. The largest absolute Gasteiger partial charge is 0.296 e. The van der Waals surface area contributed by atoms with E-state index < -0.39 is 0 Å². The number of hydrogen-bond acceptors (Lipinski definition) is 2. The predicted octanol–water partition coefficient (Wildman–Crippen LogP) is 4.79. The summed E-state index contributed by atoms with van der Waals surface area (Å²) in [5, 5.41) is 0. The molecule has 0 aliphatic heterocycles. The van der Waals surface area contributed by atoms with Crippen LogP contribution in [0.4, 0.5) is 0 Å².